The van der Waals surface area contributed by atoms with Crippen LogP contribution in [0.1, 0.15) is 457 Å². The standard InChI is InChI=1S/C81H157NO5/c1-3-5-7-9-11-13-15-16-17-18-19-20-21-35-38-41-44-47-50-54-57-61-65-69-73-79(84)78(77-83)82-80(85)74-70-66-62-58-55-51-48-45-42-39-36-33-31-29-27-25-23-22-24-26-28-30-32-34-37-40-43-46-49-52-56-60-64-68-72-76-87-81(86)75-71-67-63-59-53-14-12-10-8-6-4-2/h24,26,69,73,78-79,83-84H,3-23,25,27-68,70-72,74-77H2,1-2H3,(H,82,85)/b26-24-,73-69+. The summed E-state index contributed by atoms with van der Waals surface area (Å²) in [4.78, 5) is 24.6. The fraction of sp³-hybridized carbons (Fsp3) is 0.926. The van der Waals surface area contributed by atoms with Gasteiger partial charge in [0, 0.05) is 12.8 Å². The molecule has 0 saturated carbocycles. The Kier molecular flexibility index (Phi) is 75.3. The van der Waals surface area contributed by atoms with Gasteiger partial charge in [-0.25, -0.2) is 0 Å². The molecule has 6 heteroatoms. The molecule has 0 bridgehead atoms. The molecule has 0 radical (unpaired) electrons. The quantitative estimate of drug-likeness (QED) is 0.0320. The summed E-state index contributed by atoms with van der Waals surface area (Å²) in [6.07, 6.45) is 98.8. The predicted molar refractivity (Wildman–Crippen MR) is 384 cm³/mol. The van der Waals surface area contributed by atoms with E-state index in [0.717, 1.165) is 38.5 Å². The van der Waals surface area contributed by atoms with E-state index in [9.17, 15) is 19.8 Å². The van der Waals surface area contributed by atoms with Gasteiger partial charge in [0.05, 0.1) is 25.4 Å². The lowest BCUT2D eigenvalue weighted by Gasteiger charge is -2.20. The highest BCUT2D eigenvalue weighted by Crippen LogP contribution is 2.20. The number of aliphatic hydroxyl groups is 2. The molecule has 3 N–H and O–H groups in total. The van der Waals surface area contributed by atoms with Gasteiger partial charge < -0.3 is 20.3 Å². The summed E-state index contributed by atoms with van der Waals surface area (Å²) in [5.74, 6) is -0.0384. The average molecular weight is 1230 g/mol. The molecule has 6 nitrogen and oxygen atoms in total. The van der Waals surface area contributed by atoms with Crippen LogP contribution in [-0.4, -0.2) is 47.4 Å². The van der Waals surface area contributed by atoms with Crippen molar-refractivity contribution in [2.24, 2.45) is 0 Å². The Morgan fingerprint density at radius 3 is 0.816 bits per heavy atom. The average Bonchev–Trinajstić information content (AvgIpc) is 3.54. The number of ether oxygens (including phenoxy) is 1. The number of unbranched alkanes of at least 4 members (excludes halogenated alkanes) is 63. The van der Waals surface area contributed by atoms with Gasteiger partial charge >= 0.3 is 5.97 Å². The molecule has 0 heterocycles. The van der Waals surface area contributed by atoms with Crippen molar-refractivity contribution < 1.29 is 24.5 Å². The monoisotopic (exact) mass is 1220 g/mol. The number of carbonyl (C=O) groups excluding carboxylic acids is 2. The maximum absolute atomic E-state index is 12.6. The van der Waals surface area contributed by atoms with Gasteiger partial charge in [-0.3, -0.25) is 9.59 Å². The van der Waals surface area contributed by atoms with Gasteiger partial charge in [-0.05, 0) is 57.8 Å². The third-order valence-corrected chi connectivity index (χ3v) is 19.0. The summed E-state index contributed by atoms with van der Waals surface area (Å²) in [5, 5.41) is 23.3. The van der Waals surface area contributed by atoms with Crippen LogP contribution >= 0.6 is 0 Å². The predicted octanol–water partition coefficient (Wildman–Crippen LogP) is 26.4. The van der Waals surface area contributed by atoms with Crippen molar-refractivity contribution in [2.45, 2.75) is 469 Å². The first-order chi connectivity index (χ1) is 43.0. The molecule has 0 aliphatic rings. The lowest BCUT2D eigenvalue weighted by molar-refractivity contribution is -0.143. The third kappa shape index (κ3) is 73.3. The van der Waals surface area contributed by atoms with Crippen LogP contribution in [0.5, 0.6) is 0 Å². The van der Waals surface area contributed by atoms with Crippen molar-refractivity contribution >= 4 is 11.9 Å². The topological polar surface area (TPSA) is 95.9 Å². The summed E-state index contributed by atoms with van der Waals surface area (Å²) in [6.45, 7) is 4.95. The van der Waals surface area contributed by atoms with Gasteiger partial charge in [0.1, 0.15) is 0 Å². The molecule has 0 aromatic heterocycles. The first kappa shape index (κ1) is 85.3. The lowest BCUT2D eigenvalue weighted by Crippen LogP contribution is -2.45. The van der Waals surface area contributed by atoms with Crippen LogP contribution in [0.3, 0.4) is 0 Å². The van der Waals surface area contributed by atoms with Crippen molar-refractivity contribution in [3.8, 4) is 0 Å². The summed E-state index contributed by atoms with van der Waals surface area (Å²) in [7, 11) is 0. The van der Waals surface area contributed by atoms with Crippen molar-refractivity contribution in [3.63, 3.8) is 0 Å². The van der Waals surface area contributed by atoms with E-state index in [1.54, 1.807) is 6.08 Å². The molecular formula is C81H157NO5. The van der Waals surface area contributed by atoms with Gasteiger partial charge in [-0.15, -0.1) is 0 Å². The molecule has 516 valence electrons. The smallest absolute Gasteiger partial charge is 0.305 e. The minimum absolute atomic E-state index is 0.0206. The molecule has 0 fully saturated rings. The molecular weight excluding hydrogens is 1070 g/mol. The SMILES string of the molecule is CCCCCCCCCCCCCCCCCCCCCCCC/C=C/C(O)C(CO)NC(=O)CCCCCCCCCCCCCCCCCCC/C=C\CCCCCCCCCCCCCCCCOC(=O)CCCCCCCCCCCCC. The molecule has 2 atom stereocenters. The van der Waals surface area contributed by atoms with E-state index in [0.29, 0.717) is 19.4 Å². The highest BCUT2D eigenvalue weighted by molar-refractivity contribution is 5.76. The van der Waals surface area contributed by atoms with Gasteiger partial charge in [0.25, 0.3) is 0 Å². The molecule has 0 aliphatic heterocycles. The fourth-order valence-electron chi connectivity index (χ4n) is 12.9. The number of amides is 1. The van der Waals surface area contributed by atoms with Crippen molar-refractivity contribution in [2.75, 3.05) is 13.2 Å². The number of aliphatic hydroxyl groups excluding tert-OH is 2. The van der Waals surface area contributed by atoms with Crippen LogP contribution in [0.2, 0.25) is 0 Å². The number of nitrogens with one attached hydrogen (secondary N) is 1. The Morgan fingerprint density at radius 1 is 0.310 bits per heavy atom. The normalized spacial score (nSPS) is 12.6. The van der Waals surface area contributed by atoms with Crippen LogP contribution in [0, 0.1) is 0 Å². The van der Waals surface area contributed by atoms with Crippen LogP contribution in [0.15, 0.2) is 24.3 Å². The van der Waals surface area contributed by atoms with Crippen LogP contribution in [0.4, 0.5) is 0 Å². The molecule has 2 unspecified atom stereocenters. The molecule has 0 rings (SSSR count). The first-order valence-corrected chi connectivity index (χ1v) is 40.1. The van der Waals surface area contributed by atoms with E-state index >= 15 is 0 Å². The van der Waals surface area contributed by atoms with E-state index in [1.807, 2.05) is 6.08 Å². The Morgan fingerprint density at radius 2 is 0.540 bits per heavy atom. The number of hydrogen-bond acceptors (Lipinski definition) is 5. The number of allylic oxidation sites excluding steroid dienone is 3. The second-order valence-corrected chi connectivity index (χ2v) is 27.8. The van der Waals surface area contributed by atoms with Gasteiger partial charge in [-0.2, -0.15) is 0 Å². The third-order valence-electron chi connectivity index (χ3n) is 19.0. The Labute approximate surface area is 545 Å². The maximum Gasteiger partial charge on any atom is 0.305 e. The number of rotatable bonds is 76. The second kappa shape index (κ2) is 76.8. The van der Waals surface area contributed by atoms with Gasteiger partial charge in [0.2, 0.25) is 5.91 Å². The van der Waals surface area contributed by atoms with Crippen LogP contribution < -0.4 is 5.32 Å². The maximum atomic E-state index is 12.6. The minimum Gasteiger partial charge on any atom is -0.466 e. The van der Waals surface area contributed by atoms with E-state index < -0.39 is 12.1 Å². The zero-order chi connectivity index (χ0) is 62.8. The summed E-state index contributed by atoms with van der Waals surface area (Å²) >= 11 is 0. The fourth-order valence-corrected chi connectivity index (χ4v) is 12.9. The van der Waals surface area contributed by atoms with Crippen LogP contribution in [-0.2, 0) is 14.3 Å². The largest absolute Gasteiger partial charge is 0.466 e. The summed E-state index contributed by atoms with van der Waals surface area (Å²) < 4.78 is 5.48. The Balaban J connectivity index is 3.37. The number of carbonyl (C=O) groups is 2. The minimum atomic E-state index is -0.843. The van der Waals surface area contributed by atoms with Gasteiger partial charge in [-0.1, -0.05) is 411 Å². The molecule has 87 heavy (non-hydrogen) atoms. The summed E-state index contributed by atoms with van der Waals surface area (Å²) in [5.41, 5.74) is 0. The molecule has 0 aromatic rings. The van der Waals surface area contributed by atoms with E-state index in [2.05, 4.69) is 31.3 Å². The molecule has 0 spiro atoms. The van der Waals surface area contributed by atoms with E-state index in [1.165, 1.54) is 392 Å². The zero-order valence-corrected chi connectivity index (χ0v) is 59.3. The molecule has 0 aromatic carbocycles. The first-order valence-electron chi connectivity index (χ1n) is 40.1. The zero-order valence-electron chi connectivity index (χ0n) is 59.3. The summed E-state index contributed by atoms with van der Waals surface area (Å²) in [6, 6.07) is -0.626. The number of hydrogen-bond donors (Lipinski definition) is 3. The van der Waals surface area contributed by atoms with E-state index in [-0.39, 0.29) is 18.5 Å². The molecule has 1 amide bonds. The Hall–Kier alpha value is -1.66. The van der Waals surface area contributed by atoms with Crippen molar-refractivity contribution in [1.29, 1.82) is 0 Å². The Bertz CT molecular complexity index is 1360. The van der Waals surface area contributed by atoms with Gasteiger partial charge in [0.15, 0.2) is 0 Å². The molecule has 0 aliphatic carbocycles. The molecule has 0 saturated heterocycles. The van der Waals surface area contributed by atoms with E-state index in [4.69, 9.17) is 4.74 Å². The lowest BCUT2D eigenvalue weighted by atomic mass is 10.0. The number of esters is 1. The van der Waals surface area contributed by atoms with Crippen molar-refractivity contribution in [3.05, 3.63) is 24.3 Å². The highest BCUT2D eigenvalue weighted by atomic mass is 16.5. The van der Waals surface area contributed by atoms with Crippen molar-refractivity contribution in [1.82, 2.24) is 5.32 Å². The highest BCUT2D eigenvalue weighted by Gasteiger charge is 2.18. The van der Waals surface area contributed by atoms with Crippen LogP contribution in [0.25, 0.3) is 0 Å². The second-order valence-electron chi connectivity index (χ2n) is 27.8.